The van der Waals surface area contributed by atoms with Crippen LogP contribution in [0.4, 0.5) is 0 Å². The van der Waals surface area contributed by atoms with Gasteiger partial charge in [0.25, 0.3) is 0 Å². The third kappa shape index (κ3) is 2.04. The number of nitrogens with two attached hydrogens (primary N) is 1. The van der Waals surface area contributed by atoms with Gasteiger partial charge in [-0.2, -0.15) is 4.98 Å². The second kappa shape index (κ2) is 4.60. The molecule has 0 saturated carbocycles. The first-order chi connectivity index (χ1) is 8.68. The molecule has 3 rings (SSSR count). The zero-order valence-electron chi connectivity index (χ0n) is 10.6. The Balaban J connectivity index is 1.72. The molecule has 100 valence electrons. The van der Waals surface area contributed by atoms with Crippen LogP contribution < -0.4 is 5.73 Å². The van der Waals surface area contributed by atoms with Crippen molar-refractivity contribution in [3.05, 3.63) is 11.7 Å². The second-order valence-corrected chi connectivity index (χ2v) is 5.39. The summed E-state index contributed by atoms with van der Waals surface area (Å²) in [6.07, 6.45) is 3.14. The van der Waals surface area contributed by atoms with Crippen molar-refractivity contribution in [2.75, 3.05) is 19.8 Å². The van der Waals surface area contributed by atoms with Gasteiger partial charge in [0.1, 0.15) is 0 Å². The number of hydrogen-bond acceptors (Lipinski definition) is 6. The van der Waals surface area contributed by atoms with Crippen LogP contribution in [0.5, 0.6) is 0 Å². The molecule has 3 unspecified atom stereocenters. The molecule has 1 aromatic heterocycles. The molecule has 2 saturated heterocycles. The highest BCUT2D eigenvalue weighted by Gasteiger charge is 2.44. The lowest BCUT2D eigenvalue weighted by atomic mass is 9.86. The van der Waals surface area contributed by atoms with Crippen LogP contribution >= 0.6 is 0 Å². The van der Waals surface area contributed by atoms with Crippen molar-refractivity contribution in [2.45, 2.75) is 43.7 Å². The average Bonchev–Trinajstić information content (AvgIpc) is 3.04. The number of ether oxygens (including phenoxy) is 2. The van der Waals surface area contributed by atoms with Crippen LogP contribution in [0.3, 0.4) is 0 Å². The molecule has 2 fully saturated rings. The SMILES string of the molecule is CC1(c2nc(CC3CCCO3)no2)COCC1N. The van der Waals surface area contributed by atoms with E-state index in [1.54, 1.807) is 0 Å². The molecule has 6 heteroatoms. The third-order valence-corrected chi connectivity index (χ3v) is 3.91. The van der Waals surface area contributed by atoms with Crippen LogP contribution in [0.25, 0.3) is 0 Å². The van der Waals surface area contributed by atoms with E-state index < -0.39 is 0 Å². The quantitative estimate of drug-likeness (QED) is 0.839. The monoisotopic (exact) mass is 253 g/mol. The number of nitrogens with zero attached hydrogens (tertiary/aromatic N) is 2. The minimum atomic E-state index is -0.359. The molecule has 0 aromatic carbocycles. The summed E-state index contributed by atoms with van der Waals surface area (Å²) in [5.74, 6) is 1.29. The van der Waals surface area contributed by atoms with Gasteiger partial charge >= 0.3 is 0 Å². The zero-order valence-corrected chi connectivity index (χ0v) is 10.6. The number of aromatic nitrogens is 2. The Hall–Kier alpha value is -0.980. The second-order valence-electron chi connectivity index (χ2n) is 5.39. The fraction of sp³-hybridized carbons (Fsp3) is 0.833. The van der Waals surface area contributed by atoms with Gasteiger partial charge in [-0.05, 0) is 19.8 Å². The Kier molecular flexibility index (Phi) is 3.09. The van der Waals surface area contributed by atoms with E-state index in [1.807, 2.05) is 6.92 Å². The maximum atomic E-state index is 6.04. The van der Waals surface area contributed by atoms with Gasteiger partial charge in [-0.15, -0.1) is 0 Å². The van der Waals surface area contributed by atoms with Crippen LogP contribution in [0.1, 0.15) is 31.5 Å². The molecule has 1 aromatic rings. The van der Waals surface area contributed by atoms with Crippen molar-refractivity contribution in [1.82, 2.24) is 10.1 Å². The first-order valence-corrected chi connectivity index (χ1v) is 6.46. The maximum absolute atomic E-state index is 6.04. The average molecular weight is 253 g/mol. The Morgan fingerprint density at radius 1 is 1.50 bits per heavy atom. The van der Waals surface area contributed by atoms with Crippen LogP contribution in [0.2, 0.25) is 0 Å². The lowest BCUT2D eigenvalue weighted by Crippen LogP contribution is -2.42. The van der Waals surface area contributed by atoms with Crippen LogP contribution in [0.15, 0.2) is 4.52 Å². The summed E-state index contributed by atoms with van der Waals surface area (Å²) in [4.78, 5) is 4.46. The zero-order chi connectivity index (χ0) is 12.6. The minimum absolute atomic E-state index is 0.0893. The molecule has 6 nitrogen and oxygen atoms in total. The van der Waals surface area contributed by atoms with Gasteiger partial charge < -0.3 is 19.7 Å². The van der Waals surface area contributed by atoms with Crippen molar-refractivity contribution in [2.24, 2.45) is 5.73 Å². The van der Waals surface area contributed by atoms with Crippen molar-refractivity contribution < 1.29 is 14.0 Å². The summed E-state index contributed by atoms with van der Waals surface area (Å²) in [7, 11) is 0. The summed E-state index contributed by atoms with van der Waals surface area (Å²) in [5.41, 5.74) is 5.68. The van der Waals surface area contributed by atoms with E-state index in [0.29, 0.717) is 24.9 Å². The van der Waals surface area contributed by atoms with E-state index in [2.05, 4.69) is 10.1 Å². The molecule has 0 amide bonds. The molecule has 3 atom stereocenters. The smallest absolute Gasteiger partial charge is 0.236 e. The van der Waals surface area contributed by atoms with Crippen molar-refractivity contribution in [3.8, 4) is 0 Å². The van der Waals surface area contributed by atoms with Crippen LogP contribution in [-0.4, -0.2) is 42.1 Å². The molecule has 0 spiro atoms. The largest absolute Gasteiger partial charge is 0.379 e. The van der Waals surface area contributed by atoms with Crippen molar-refractivity contribution in [1.29, 1.82) is 0 Å². The van der Waals surface area contributed by atoms with Gasteiger partial charge in [0.05, 0.1) is 24.7 Å². The summed E-state index contributed by atoms with van der Waals surface area (Å²) < 4.78 is 16.3. The van der Waals surface area contributed by atoms with Crippen molar-refractivity contribution >= 4 is 0 Å². The molecular formula is C12H19N3O3. The Bertz CT molecular complexity index is 416. The Labute approximate surface area is 106 Å². The summed E-state index contributed by atoms with van der Waals surface area (Å²) >= 11 is 0. The van der Waals surface area contributed by atoms with Gasteiger partial charge in [0, 0.05) is 19.1 Å². The maximum Gasteiger partial charge on any atom is 0.236 e. The lowest BCUT2D eigenvalue weighted by molar-refractivity contribution is 0.109. The molecule has 2 N–H and O–H groups in total. The number of rotatable bonds is 3. The van der Waals surface area contributed by atoms with Crippen LogP contribution in [0, 0.1) is 0 Å². The number of hydrogen-bond donors (Lipinski definition) is 1. The molecule has 0 aliphatic carbocycles. The topological polar surface area (TPSA) is 83.4 Å². The van der Waals surface area contributed by atoms with E-state index in [-0.39, 0.29) is 17.6 Å². The molecule has 0 bridgehead atoms. The Morgan fingerprint density at radius 3 is 3.06 bits per heavy atom. The lowest BCUT2D eigenvalue weighted by Gasteiger charge is -2.21. The first-order valence-electron chi connectivity index (χ1n) is 6.46. The predicted molar refractivity (Wildman–Crippen MR) is 63.1 cm³/mol. The highest BCUT2D eigenvalue weighted by molar-refractivity contribution is 5.11. The molecule has 2 aliphatic heterocycles. The van der Waals surface area contributed by atoms with Gasteiger partial charge in [0.15, 0.2) is 5.82 Å². The van der Waals surface area contributed by atoms with Gasteiger partial charge in [-0.25, -0.2) is 0 Å². The van der Waals surface area contributed by atoms with Crippen molar-refractivity contribution in [3.63, 3.8) is 0 Å². The summed E-state index contributed by atoms with van der Waals surface area (Å²) in [6.45, 7) is 3.93. The Morgan fingerprint density at radius 2 is 2.39 bits per heavy atom. The minimum Gasteiger partial charge on any atom is -0.379 e. The van der Waals surface area contributed by atoms with E-state index in [9.17, 15) is 0 Å². The highest BCUT2D eigenvalue weighted by Crippen LogP contribution is 2.30. The molecule has 3 heterocycles. The summed E-state index contributed by atoms with van der Waals surface area (Å²) in [6, 6.07) is -0.0893. The standard InChI is InChI=1S/C12H19N3O3/c1-12(7-16-6-9(12)13)11-14-10(15-18-11)5-8-3-2-4-17-8/h8-9H,2-7,13H2,1H3. The molecule has 0 radical (unpaired) electrons. The van der Waals surface area contributed by atoms with E-state index in [1.165, 1.54) is 0 Å². The van der Waals surface area contributed by atoms with Gasteiger partial charge in [-0.1, -0.05) is 5.16 Å². The molecule has 2 aliphatic rings. The molecule has 18 heavy (non-hydrogen) atoms. The molecular weight excluding hydrogens is 234 g/mol. The fourth-order valence-electron chi connectivity index (χ4n) is 2.49. The van der Waals surface area contributed by atoms with E-state index in [4.69, 9.17) is 19.7 Å². The van der Waals surface area contributed by atoms with Gasteiger partial charge in [-0.3, -0.25) is 0 Å². The fourth-order valence-corrected chi connectivity index (χ4v) is 2.49. The first kappa shape index (κ1) is 12.1. The normalized spacial score (nSPS) is 36.3. The van der Waals surface area contributed by atoms with Gasteiger partial charge in [0.2, 0.25) is 5.89 Å². The van der Waals surface area contributed by atoms with Crippen LogP contribution in [-0.2, 0) is 21.3 Å². The summed E-state index contributed by atoms with van der Waals surface area (Å²) in [5, 5.41) is 4.03. The predicted octanol–water partition coefficient (Wildman–Crippen LogP) is 0.406. The third-order valence-electron chi connectivity index (χ3n) is 3.91. The van der Waals surface area contributed by atoms with E-state index >= 15 is 0 Å². The van der Waals surface area contributed by atoms with E-state index in [0.717, 1.165) is 25.9 Å². The highest BCUT2D eigenvalue weighted by atomic mass is 16.5.